The van der Waals surface area contributed by atoms with Gasteiger partial charge in [-0.05, 0) is 63.6 Å². The molecule has 0 bridgehead atoms. The highest BCUT2D eigenvalue weighted by atomic mass is 32.1. The van der Waals surface area contributed by atoms with Crippen molar-refractivity contribution >= 4 is 29.1 Å². The lowest BCUT2D eigenvalue weighted by Crippen LogP contribution is -2.18. The van der Waals surface area contributed by atoms with E-state index in [0.717, 1.165) is 29.7 Å². The molecule has 32 heavy (non-hydrogen) atoms. The maximum Gasteiger partial charge on any atom is 0.195 e. The second-order valence-electron chi connectivity index (χ2n) is 8.58. The van der Waals surface area contributed by atoms with Gasteiger partial charge in [0.2, 0.25) is 0 Å². The molecular formula is C28H34O3S. The molecule has 4 heteroatoms. The molecule has 2 aromatic heterocycles. The molecular weight excluding hydrogens is 416 g/mol. The molecule has 0 unspecified atom stereocenters. The molecule has 1 aliphatic rings. The second-order valence-corrected chi connectivity index (χ2v) is 9.56. The highest BCUT2D eigenvalue weighted by Crippen LogP contribution is 2.36. The third-order valence-corrected chi connectivity index (χ3v) is 6.70. The van der Waals surface area contributed by atoms with E-state index >= 15 is 0 Å². The van der Waals surface area contributed by atoms with Crippen LogP contribution >= 0.6 is 11.3 Å². The first-order valence-electron chi connectivity index (χ1n) is 11.5. The van der Waals surface area contributed by atoms with Crippen LogP contribution in [0, 0.1) is 6.92 Å². The molecule has 1 aliphatic carbocycles. The van der Waals surface area contributed by atoms with Gasteiger partial charge in [0.25, 0.3) is 0 Å². The van der Waals surface area contributed by atoms with Gasteiger partial charge >= 0.3 is 0 Å². The van der Waals surface area contributed by atoms with Gasteiger partial charge in [-0.15, -0.1) is 11.3 Å². The summed E-state index contributed by atoms with van der Waals surface area (Å²) in [4.78, 5) is 14.4. The minimum absolute atomic E-state index is 0.0132. The van der Waals surface area contributed by atoms with Crippen molar-refractivity contribution in [2.75, 3.05) is 6.61 Å². The Bertz CT molecular complexity index is 1040. The zero-order valence-electron chi connectivity index (χ0n) is 19.5. The molecule has 0 aliphatic heterocycles. The summed E-state index contributed by atoms with van der Waals surface area (Å²) in [5, 5.41) is 2.06. The average molecular weight is 451 g/mol. The molecule has 0 aromatic carbocycles. The molecule has 0 amide bonds. The molecule has 170 valence electrons. The van der Waals surface area contributed by atoms with Crippen molar-refractivity contribution in [2.45, 2.75) is 65.2 Å². The maximum absolute atomic E-state index is 13.2. The summed E-state index contributed by atoms with van der Waals surface area (Å²) < 4.78 is 12.4. The summed E-state index contributed by atoms with van der Waals surface area (Å²) >= 11 is 1.69. The summed E-state index contributed by atoms with van der Waals surface area (Å²) in [6, 6.07) is 4.12. The van der Waals surface area contributed by atoms with E-state index in [0.29, 0.717) is 30.3 Å². The van der Waals surface area contributed by atoms with E-state index in [1.54, 1.807) is 23.7 Å². The van der Waals surface area contributed by atoms with Crippen molar-refractivity contribution in [1.29, 1.82) is 0 Å². The first kappa shape index (κ1) is 24.1. The fourth-order valence-electron chi connectivity index (χ4n) is 4.08. The summed E-state index contributed by atoms with van der Waals surface area (Å²) in [7, 11) is 0. The Morgan fingerprint density at radius 2 is 2.06 bits per heavy atom. The smallest absolute Gasteiger partial charge is 0.195 e. The molecule has 2 aromatic rings. The van der Waals surface area contributed by atoms with Gasteiger partial charge in [-0.25, -0.2) is 0 Å². The first-order valence-corrected chi connectivity index (χ1v) is 12.3. The summed E-state index contributed by atoms with van der Waals surface area (Å²) in [6.45, 7) is 10.4. The van der Waals surface area contributed by atoms with Crippen molar-refractivity contribution in [3.05, 3.63) is 85.8 Å². The zero-order valence-corrected chi connectivity index (χ0v) is 20.3. The fourth-order valence-corrected chi connectivity index (χ4v) is 4.73. The second kappa shape index (κ2) is 11.9. The maximum atomic E-state index is 13.2. The molecule has 1 saturated carbocycles. The van der Waals surface area contributed by atoms with Crippen molar-refractivity contribution in [2.24, 2.45) is 0 Å². The summed E-state index contributed by atoms with van der Waals surface area (Å²) in [6.07, 6.45) is 16.0. The Hall–Kier alpha value is -2.59. The molecule has 3 rings (SSSR count). The molecule has 0 radical (unpaired) electrons. The fraction of sp³-hybridized carbons (Fsp3) is 0.393. The lowest BCUT2D eigenvalue weighted by molar-refractivity contribution is 0.288. The van der Waals surface area contributed by atoms with E-state index < -0.39 is 0 Å². The van der Waals surface area contributed by atoms with Crippen molar-refractivity contribution in [1.82, 2.24) is 0 Å². The molecule has 2 heterocycles. The standard InChI is InChI=1S/C28H34O3S/c1-5-25-26(29)21(4)27(22-11-7-6-8-12-22)31-28(25)23(19-30-17-16-20(2)3)13-9-14-24-15-10-18-32-24/h5,9-10,14-16,18-19,22H,1,6-8,11-13,17H2,2-4H3/b14-9?,23-19+. The van der Waals surface area contributed by atoms with E-state index in [2.05, 4.69) is 30.2 Å². The number of allylic oxidation sites excluding steroid dienone is 3. The van der Waals surface area contributed by atoms with Gasteiger partial charge in [0.05, 0.1) is 11.8 Å². The monoisotopic (exact) mass is 450 g/mol. The Morgan fingerprint density at radius 1 is 1.28 bits per heavy atom. The van der Waals surface area contributed by atoms with E-state index in [4.69, 9.17) is 9.15 Å². The Morgan fingerprint density at radius 3 is 2.72 bits per heavy atom. The molecule has 0 saturated heterocycles. The number of thiophene rings is 1. The van der Waals surface area contributed by atoms with Gasteiger partial charge in [-0.3, -0.25) is 4.79 Å². The van der Waals surface area contributed by atoms with Crippen LogP contribution in [0.25, 0.3) is 17.7 Å². The van der Waals surface area contributed by atoms with Crippen LogP contribution in [-0.2, 0) is 4.74 Å². The highest BCUT2D eigenvalue weighted by Gasteiger charge is 2.25. The van der Waals surface area contributed by atoms with Gasteiger partial charge < -0.3 is 9.15 Å². The topological polar surface area (TPSA) is 39.4 Å². The molecule has 0 N–H and O–H groups in total. The van der Waals surface area contributed by atoms with Gasteiger partial charge in [-0.2, -0.15) is 0 Å². The largest absolute Gasteiger partial charge is 0.497 e. The van der Waals surface area contributed by atoms with Crippen LogP contribution in [0.15, 0.2) is 57.3 Å². The SMILES string of the molecule is C=Cc1c(/C(=C/OCC=C(C)C)CC=Cc2cccs2)oc(C2CCCCC2)c(C)c1=O. The van der Waals surface area contributed by atoms with E-state index in [-0.39, 0.29) is 5.43 Å². The number of rotatable bonds is 9. The zero-order chi connectivity index (χ0) is 22.9. The minimum atomic E-state index is 0.0132. The van der Waals surface area contributed by atoms with E-state index in [1.807, 2.05) is 32.9 Å². The summed E-state index contributed by atoms with van der Waals surface area (Å²) in [5.41, 5.74) is 3.30. The lowest BCUT2D eigenvalue weighted by Gasteiger charge is -2.23. The Labute approximate surface area is 195 Å². The van der Waals surface area contributed by atoms with Gasteiger partial charge in [0.1, 0.15) is 18.1 Å². The van der Waals surface area contributed by atoms with Gasteiger partial charge in [0, 0.05) is 21.9 Å². The number of ether oxygens (including phenoxy) is 1. The number of hydrogen-bond donors (Lipinski definition) is 0. The lowest BCUT2D eigenvalue weighted by atomic mass is 9.85. The Balaban J connectivity index is 2.01. The quantitative estimate of drug-likeness (QED) is 0.220. The average Bonchev–Trinajstić information content (AvgIpc) is 3.31. The normalized spacial score (nSPS) is 15.2. The first-order chi connectivity index (χ1) is 15.5. The van der Waals surface area contributed by atoms with E-state index in [9.17, 15) is 4.79 Å². The number of hydrogen-bond acceptors (Lipinski definition) is 4. The third kappa shape index (κ3) is 6.23. The summed E-state index contributed by atoms with van der Waals surface area (Å²) in [5.74, 6) is 1.74. The van der Waals surface area contributed by atoms with Crippen molar-refractivity contribution < 1.29 is 9.15 Å². The third-order valence-electron chi connectivity index (χ3n) is 5.86. The van der Waals surface area contributed by atoms with Crippen molar-refractivity contribution in [3.8, 4) is 0 Å². The van der Waals surface area contributed by atoms with Crippen LogP contribution in [0.4, 0.5) is 0 Å². The van der Waals surface area contributed by atoms with Crippen LogP contribution in [0.1, 0.15) is 85.8 Å². The van der Waals surface area contributed by atoms with Crippen LogP contribution in [0.3, 0.4) is 0 Å². The Kier molecular flexibility index (Phi) is 8.92. The van der Waals surface area contributed by atoms with Crippen LogP contribution in [0.5, 0.6) is 0 Å². The minimum Gasteiger partial charge on any atom is -0.497 e. The highest BCUT2D eigenvalue weighted by molar-refractivity contribution is 7.10. The molecule has 1 fully saturated rings. The molecule has 3 nitrogen and oxygen atoms in total. The molecule has 0 atom stereocenters. The van der Waals surface area contributed by atoms with Gasteiger partial charge in [0.15, 0.2) is 5.43 Å². The van der Waals surface area contributed by atoms with Crippen molar-refractivity contribution in [3.63, 3.8) is 0 Å². The predicted molar refractivity (Wildman–Crippen MR) is 137 cm³/mol. The van der Waals surface area contributed by atoms with Gasteiger partial charge in [-0.1, -0.05) is 49.6 Å². The predicted octanol–water partition coefficient (Wildman–Crippen LogP) is 8.13. The van der Waals surface area contributed by atoms with Crippen LogP contribution in [-0.4, -0.2) is 6.61 Å². The van der Waals surface area contributed by atoms with E-state index in [1.165, 1.54) is 29.7 Å². The molecule has 0 spiro atoms. The van der Waals surface area contributed by atoms with Crippen LogP contribution < -0.4 is 5.43 Å². The van der Waals surface area contributed by atoms with Crippen LogP contribution in [0.2, 0.25) is 0 Å².